The van der Waals surface area contributed by atoms with Gasteiger partial charge in [0.05, 0.1) is 0 Å². The molecule has 0 spiro atoms. The van der Waals surface area contributed by atoms with Gasteiger partial charge in [0.2, 0.25) is 0 Å². The number of nitrogens with one attached hydrogen (secondary N) is 1. The van der Waals surface area contributed by atoms with Crippen LogP contribution in [0.2, 0.25) is 0 Å². The second-order valence-electron chi connectivity index (χ2n) is 5.51. The highest BCUT2D eigenvalue weighted by molar-refractivity contribution is 5.96. The smallest absolute Gasteiger partial charge is 0.254 e. The maximum Gasteiger partial charge on any atom is 0.254 e. The number of nitrogens with zero attached hydrogens (tertiary/aromatic N) is 1. The molecule has 0 bridgehead atoms. The third-order valence-electron chi connectivity index (χ3n) is 4.07. The standard InChI is InChI=1S/C17H26N2O/c1-3-12-19(15-9-7-11-18-13-15)17(20)16-10-6-5-8-14(16)4-2/h5-6,8,10,15,18H,3-4,7,9,11-13H2,1-2H3. The van der Waals surface area contributed by atoms with Crippen LogP contribution in [0.5, 0.6) is 0 Å². The van der Waals surface area contributed by atoms with Crippen LogP contribution < -0.4 is 5.32 Å². The minimum atomic E-state index is 0.206. The minimum Gasteiger partial charge on any atom is -0.334 e. The number of piperidine rings is 1. The highest BCUT2D eigenvalue weighted by Crippen LogP contribution is 2.18. The Balaban J connectivity index is 2.21. The Morgan fingerprint density at radius 1 is 1.35 bits per heavy atom. The molecule has 1 heterocycles. The summed E-state index contributed by atoms with van der Waals surface area (Å²) in [5.74, 6) is 0.206. The Hall–Kier alpha value is -1.35. The van der Waals surface area contributed by atoms with E-state index < -0.39 is 0 Å². The van der Waals surface area contributed by atoms with Gasteiger partial charge in [-0.05, 0) is 43.9 Å². The Morgan fingerprint density at radius 3 is 2.80 bits per heavy atom. The van der Waals surface area contributed by atoms with Gasteiger partial charge >= 0.3 is 0 Å². The van der Waals surface area contributed by atoms with Crippen molar-refractivity contribution in [3.63, 3.8) is 0 Å². The number of carbonyl (C=O) groups excluding carboxylic acids is 1. The highest BCUT2D eigenvalue weighted by Gasteiger charge is 2.26. The molecule has 1 aromatic carbocycles. The fraction of sp³-hybridized carbons (Fsp3) is 0.588. The van der Waals surface area contributed by atoms with Gasteiger partial charge in [0.25, 0.3) is 5.91 Å². The molecular weight excluding hydrogens is 248 g/mol. The lowest BCUT2D eigenvalue weighted by molar-refractivity contribution is 0.0648. The van der Waals surface area contributed by atoms with Crippen LogP contribution in [0.1, 0.15) is 49.0 Å². The molecule has 1 atom stereocenters. The molecule has 1 amide bonds. The summed E-state index contributed by atoms with van der Waals surface area (Å²) in [6.07, 6.45) is 4.20. The number of amides is 1. The normalized spacial score (nSPS) is 18.8. The van der Waals surface area contributed by atoms with Gasteiger partial charge in [-0.15, -0.1) is 0 Å². The molecule has 110 valence electrons. The number of hydrogen-bond donors (Lipinski definition) is 1. The SMILES string of the molecule is CCCN(C(=O)c1ccccc1CC)C1CCCNC1. The molecule has 1 aliphatic rings. The van der Waals surface area contributed by atoms with Gasteiger partial charge in [0, 0.05) is 24.7 Å². The number of rotatable bonds is 5. The van der Waals surface area contributed by atoms with Crippen molar-refractivity contribution in [3.8, 4) is 0 Å². The maximum absolute atomic E-state index is 12.9. The summed E-state index contributed by atoms with van der Waals surface area (Å²) in [6, 6.07) is 8.37. The van der Waals surface area contributed by atoms with Crippen molar-refractivity contribution in [3.05, 3.63) is 35.4 Å². The molecule has 0 saturated carbocycles. The Kier molecular flexibility index (Phi) is 5.60. The Bertz CT molecular complexity index is 438. The minimum absolute atomic E-state index is 0.206. The second kappa shape index (κ2) is 7.44. The predicted octanol–water partition coefficient (Wildman–Crippen LogP) is 2.85. The summed E-state index contributed by atoms with van der Waals surface area (Å²) in [7, 11) is 0. The van der Waals surface area contributed by atoms with Gasteiger partial charge in [-0.25, -0.2) is 0 Å². The topological polar surface area (TPSA) is 32.3 Å². The molecule has 1 N–H and O–H groups in total. The number of benzene rings is 1. The van der Waals surface area contributed by atoms with Crippen LogP contribution in [0.25, 0.3) is 0 Å². The Labute approximate surface area is 122 Å². The van der Waals surface area contributed by atoms with Gasteiger partial charge in [-0.1, -0.05) is 32.0 Å². The van der Waals surface area contributed by atoms with E-state index in [9.17, 15) is 4.79 Å². The monoisotopic (exact) mass is 274 g/mol. The molecule has 3 nitrogen and oxygen atoms in total. The van der Waals surface area contributed by atoms with E-state index in [4.69, 9.17) is 0 Å². The lowest BCUT2D eigenvalue weighted by atomic mass is 10.0. The molecule has 2 rings (SSSR count). The zero-order valence-corrected chi connectivity index (χ0v) is 12.7. The van der Waals surface area contributed by atoms with Crippen LogP contribution in [0.3, 0.4) is 0 Å². The van der Waals surface area contributed by atoms with E-state index >= 15 is 0 Å². The van der Waals surface area contributed by atoms with Crippen LogP contribution in [-0.4, -0.2) is 36.5 Å². The summed E-state index contributed by atoms with van der Waals surface area (Å²) in [5, 5.41) is 3.41. The second-order valence-corrected chi connectivity index (χ2v) is 5.51. The summed E-state index contributed by atoms with van der Waals surface area (Å²) in [5.41, 5.74) is 2.04. The van der Waals surface area contributed by atoms with Crippen molar-refractivity contribution in [2.24, 2.45) is 0 Å². The van der Waals surface area contributed by atoms with Gasteiger partial charge in [-0.2, -0.15) is 0 Å². The van der Waals surface area contributed by atoms with E-state index in [-0.39, 0.29) is 5.91 Å². The van der Waals surface area contributed by atoms with Crippen LogP contribution >= 0.6 is 0 Å². The third-order valence-corrected chi connectivity index (χ3v) is 4.07. The van der Waals surface area contributed by atoms with Crippen LogP contribution in [0.4, 0.5) is 0 Å². The van der Waals surface area contributed by atoms with E-state index in [0.29, 0.717) is 6.04 Å². The fourth-order valence-electron chi connectivity index (χ4n) is 2.98. The van der Waals surface area contributed by atoms with Gasteiger partial charge in [-0.3, -0.25) is 4.79 Å². The summed E-state index contributed by atoms with van der Waals surface area (Å²) < 4.78 is 0. The molecule has 1 aliphatic heterocycles. The lowest BCUT2D eigenvalue weighted by Gasteiger charge is -2.35. The zero-order chi connectivity index (χ0) is 14.4. The fourth-order valence-corrected chi connectivity index (χ4v) is 2.98. The molecular formula is C17H26N2O. The van der Waals surface area contributed by atoms with E-state index in [2.05, 4.69) is 30.1 Å². The lowest BCUT2D eigenvalue weighted by Crippen LogP contribution is -2.49. The van der Waals surface area contributed by atoms with Crippen molar-refractivity contribution in [2.45, 2.75) is 45.6 Å². The van der Waals surface area contributed by atoms with Crippen LogP contribution in [0, 0.1) is 0 Å². The molecule has 20 heavy (non-hydrogen) atoms. The summed E-state index contributed by atoms with van der Waals surface area (Å²) in [6.45, 7) is 7.11. The van der Waals surface area contributed by atoms with Crippen molar-refractivity contribution >= 4 is 5.91 Å². The first-order valence-electron chi connectivity index (χ1n) is 7.87. The van der Waals surface area contributed by atoms with Crippen molar-refractivity contribution in [1.82, 2.24) is 10.2 Å². The molecule has 0 aliphatic carbocycles. The first-order valence-corrected chi connectivity index (χ1v) is 7.87. The summed E-state index contributed by atoms with van der Waals surface area (Å²) in [4.78, 5) is 15.0. The van der Waals surface area contributed by atoms with E-state index in [1.54, 1.807) is 0 Å². The third kappa shape index (κ3) is 3.40. The number of carbonyl (C=O) groups is 1. The Morgan fingerprint density at radius 2 is 2.15 bits per heavy atom. The quantitative estimate of drug-likeness (QED) is 0.895. The van der Waals surface area contributed by atoms with Crippen LogP contribution in [0.15, 0.2) is 24.3 Å². The van der Waals surface area contributed by atoms with E-state index in [1.165, 1.54) is 0 Å². The van der Waals surface area contributed by atoms with Crippen LogP contribution in [-0.2, 0) is 6.42 Å². The van der Waals surface area contributed by atoms with Gasteiger partial charge < -0.3 is 10.2 Å². The van der Waals surface area contributed by atoms with Crippen molar-refractivity contribution in [2.75, 3.05) is 19.6 Å². The first-order chi connectivity index (χ1) is 9.77. The number of hydrogen-bond acceptors (Lipinski definition) is 2. The highest BCUT2D eigenvalue weighted by atomic mass is 16.2. The molecule has 1 fully saturated rings. The average molecular weight is 274 g/mol. The zero-order valence-electron chi connectivity index (χ0n) is 12.7. The average Bonchev–Trinajstić information content (AvgIpc) is 2.52. The molecule has 1 aromatic rings. The predicted molar refractivity (Wildman–Crippen MR) is 83.0 cm³/mol. The molecule has 1 unspecified atom stereocenters. The van der Waals surface area contributed by atoms with Crippen molar-refractivity contribution < 1.29 is 4.79 Å². The first kappa shape index (κ1) is 15.0. The van der Waals surface area contributed by atoms with Gasteiger partial charge in [0.15, 0.2) is 0 Å². The molecule has 0 aromatic heterocycles. The largest absolute Gasteiger partial charge is 0.334 e. The molecule has 0 radical (unpaired) electrons. The maximum atomic E-state index is 12.9. The molecule has 1 saturated heterocycles. The van der Waals surface area contributed by atoms with E-state index in [0.717, 1.165) is 56.4 Å². The summed E-state index contributed by atoms with van der Waals surface area (Å²) >= 11 is 0. The van der Waals surface area contributed by atoms with Gasteiger partial charge in [0.1, 0.15) is 0 Å². The van der Waals surface area contributed by atoms with E-state index in [1.807, 2.05) is 18.2 Å². The number of aryl methyl sites for hydroxylation is 1. The molecule has 3 heteroatoms. The van der Waals surface area contributed by atoms with Crippen molar-refractivity contribution in [1.29, 1.82) is 0 Å².